The van der Waals surface area contributed by atoms with Crippen LogP contribution in [0.15, 0.2) is 24.3 Å². The van der Waals surface area contributed by atoms with Crippen LogP contribution in [-0.4, -0.2) is 83.8 Å². The van der Waals surface area contributed by atoms with Crippen LogP contribution < -0.4 is 10.6 Å². The summed E-state index contributed by atoms with van der Waals surface area (Å²) in [6, 6.07) is 8.09. The summed E-state index contributed by atoms with van der Waals surface area (Å²) in [4.78, 5) is 43.4. The van der Waals surface area contributed by atoms with E-state index in [-0.39, 0.29) is 29.8 Å². The van der Waals surface area contributed by atoms with Crippen molar-refractivity contribution in [2.24, 2.45) is 0 Å². The fourth-order valence-electron chi connectivity index (χ4n) is 4.90. The smallest absolute Gasteiger partial charge is 0.242 e. The van der Waals surface area contributed by atoms with Crippen molar-refractivity contribution < 1.29 is 14.4 Å². The maximum Gasteiger partial charge on any atom is 0.242 e. The molecule has 1 aromatic rings. The van der Waals surface area contributed by atoms with Crippen LogP contribution in [0.1, 0.15) is 38.2 Å². The summed E-state index contributed by atoms with van der Waals surface area (Å²) in [6.45, 7) is 6.21. The molecule has 0 atom stereocenters. The molecule has 0 radical (unpaired) electrons. The second kappa shape index (κ2) is 9.26. The second-order valence-corrected chi connectivity index (χ2v) is 8.98. The van der Waals surface area contributed by atoms with Crippen LogP contribution in [-0.2, 0) is 20.9 Å². The number of amides is 3. The number of carbonyl (C=O) groups is 3. The Balaban J connectivity index is 1.50. The molecule has 0 bridgehead atoms. The highest BCUT2D eigenvalue weighted by molar-refractivity contribution is 5.86. The molecule has 31 heavy (non-hydrogen) atoms. The Morgan fingerprint density at radius 1 is 1.03 bits per heavy atom. The first-order valence-electron chi connectivity index (χ1n) is 11.3. The van der Waals surface area contributed by atoms with E-state index in [4.69, 9.17) is 0 Å². The van der Waals surface area contributed by atoms with Crippen molar-refractivity contribution in [3.05, 3.63) is 29.8 Å². The first-order chi connectivity index (χ1) is 15.0. The zero-order valence-electron chi connectivity index (χ0n) is 18.4. The third-order valence-corrected chi connectivity index (χ3v) is 6.80. The highest BCUT2D eigenvalue weighted by Crippen LogP contribution is 2.33. The van der Waals surface area contributed by atoms with Gasteiger partial charge in [0.15, 0.2) is 0 Å². The zero-order valence-corrected chi connectivity index (χ0v) is 18.4. The Labute approximate surface area is 183 Å². The molecule has 2 N–H and O–H groups in total. The van der Waals surface area contributed by atoms with E-state index in [2.05, 4.69) is 16.7 Å². The Bertz CT molecular complexity index is 836. The van der Waals surface area contributed by atoms with Gasteiger partial charge in [0.25, 0.3) is 0 Å². The molecule has 0 aliphatic carbocycles. The molecule has 1 aromatic carbocycles. The topological polar surface area (TPSA) is 85.0 Å². The van der Waals surface area contributed by atoms with Crippen molar-refractivity contribution in [1.29, 1.82) is 0 Å². The van der Waals surface area contributed by atoms with Gasteiger partial charge in [-0.05, 0) is 44.0 Å². The molecule has 0 aromatic heterocycles. The van der Waals surface area contributed by atoms with Gasteiger partial charge in [-0.1, -0.05) is 18.2 Å². The van der Waals surface area contributed by atoms with Gasteiger partial charge < -0.3 is 25.3 Å². The van der Waals surface area contributed by atoms with Crippen molar-refractivity contribution in [3.8, 4) is 0 Å². The van der Waals surface area contributed by atoms with Crippen molar-refractivity contribution in [2.75, 3.05) is 51.1 Å². The maximum absolute atomic E-state index is 13.3. The van der Waals surface area contributed by atoms with Gasteiger partial charge in [0.05, 0.1) is 0 Å². The number of hydrogen-bond donors (Lipinski definition) is 2. The van der Waals surface area contributed by atoms with Crippen molar-refractivity contribution >= 4 is 23.4 Å². The monoisotopic (exact) mass is 427 g/mol. The third kappa shape index (κ3) is 5.01. The molecule has 8 heteroatoms. The molecule has 3 aliphatic heterocycles. The van der Waals surface area contributed by atoms with Crippen LogP contribution >= 0.6 is 0 Å². The van der Waals surface area contributed by atoms with Crippen LogP contribution in [0.3, 0.4) is 0 Å². The summed E-state index contributed by atoms with van der Waals surface area (Å²) in [5.74, 6) is 0.0335. The number of nitrogens with one attached hydrogen (secondary N) is 2. The fourth-order valence-corrected chi connectivity index (χ4v) is 4.90. The van der Waals surface area contributed by atoms with Gasteiger partial charge in [-0.25, -0.2) is 0 Å². The molecular formula is C23H33N5O3. The van der Waals surface area contributed by atoms with Crippen molar-refractivity contribution in [2.45, 2.75) is 44.7 Å². The van der Waals surface area contributed by atoms with E-state index >= 15 is 0 Å². The van der Waals surface area contributed by atoms with Crippen LogP contribution in [0.4, 0.5) is 5.69 Å². The van der Waals surface area contributed by atoms with Crippen LogP contribution in [0.5, 0.6) is 0 Å². The van der Waals surface area contributed by atoms with E-state index in [9.17, 15) is 14.4 Å². The minimum absolute atomic E-state index is 0.0254. The molecule has 3 heterocycles. The minimum Gasteiger partial charge on any atom is -0.379 e. The Hall–Kier alpha value is -2.61. The number of carbonyl (C=O) groups excluding carboxylic acids is 3. The second-order valence-electron chi connectivity index (χ2n) is 8.98. The van der Waals surface area contributed by atoms with Gasteiger partial charge in [-0.2, -0.15) is 0 Å². The van der Waals surface area contributed by atoms with Gasteiger partial charge in [0.2, 0.25) is 17.7 Å². The molecule has 2 saturated heterocycles. The first kappa shape index (κ1) is 21.6. The first-order valence-corrected chi connectivity index (χ1v) is 11.3. The zero-order chi connectivity index (χ0) is 21.8. The quantitative estimate of drug-likeness (QED) is 0.737. The lowest BCUT2D eigenvalue weighted by Gasteiger charge is -2.42. The third-order valence-electron chi connectivity index (χ3n) is 6.80. The van der Waals surface area contributed by atoms with E-state index in [1.807, 2.05) is 18.2 Å². The van der Waals surface area contributed by atoms with E-state index in [0.29, 0.717) is 39.1 Å². The lowest BCUT2D eigenvalue weighted by Crippen LogP contribution is -2.53. The number of nitrogens with zero attached hydrogens (tertiary/aromatic N) is 3. The highest BCUT2D eigenvalue weighted by atomic mass is 16.2. The summed E-state index contributed by atoms with van der Waals surface area (Å²) >= 11 is 0. The average Bonchev–Trinajstić information content (AvgIpc) is 3.01. The summed E-state index contributed by atoms with van der Waals surface area (Å²) in [6.07, 6.45) is 2.92. The number of fused-ring (bicyclic) bond motifs is 1. The summed E-state index contributed by atoms with van der Waals surface area (Å²) < 4.78 is 0. The van der Waals surface area contributed by atoms with E-state index < -0.39 is 0 Å². The predicted octanol–water partition coefficient (Wildman–Crippen LogP) is 1.03. The van der Waals surface area contributed by atoms with Crippen LogP contribution in [0.2, 0.25) is 0 Å². The SMILES string of the molecule is CC(=O)N1CCCN(C(=O)CN2Cc3ccccc3NC3(CCNCC3)CC2=O)CC1. The minimum atomic E-state index is -0.273. The molecule has 2 fully saturated rings. The highest BCUT2D eigenvalue weighted by Gasteiger charge is 2.38. The molecule has 3 amide bonds. The molecule has 168 valence electrons. The van der Waals surface area contributed by atoms with Gasteiger partial charge in [0, 0.05) is 57.3 Å². The number of benzene rings is 1. The lowest BCUT2D eigenvalue weighted by molar-refractivity contribution is -0.142. The van der Waals surface area contributed by atoms with E-state index in [1.54, 1.807) is 21.6 Å². The van der Waals surface area contributed by atoms with E-state index in [0.717, 1.165) is 43.6 Å². The molecule has 0 saturated carbocycles. The van der Waals surface area contributed by atoms with Gasteiger partial charge in [-0.15, -0.1) is 0 Å². The summed E-state index contributed by atoms with van der Waals surface area (Å²) in [5.41, 5.74) is 1.83. The fraction of sp³-hybridized carbons (Fsp3) is 0.609. The maximum atomic E-state index is 13.3. The molecule has 4 rings (SSSR count). The largest absolute Gasteiger partial charge is 0.379 e. The number of piperidine rings is 1. The molecule has 1 spiro atoms. The predicted molar refractivity (Wildman–Crippen MR) is 118 cm³/mol. The van der Waals surface area contributed by atoms with E-state index in [1.165, 1.54) is 0 Å². The number of hydrogen-bond acceptors (Lipinski definition) is 5. The van der Waals surface area contributed by atoms with Crippen LogP contribution in [0.25, 0.3) is 0 Å². The lowest BCUT2D eigenvalue weighted by atomic mass is 9.83. The number of para-hydroxylation sites is 1. The molecule has 0 unspecified atom stereocenters. The standard InChI is InChI=1S/C23H33N5O3/c1-18(29)26-11-4-12-27(14-13-26)22(31)17-28-16-19-5-2-3-6-20(19)25-23(15-21(28)30)7-9-24-10-8-23/h2-3,5-6,24-25H,4,7-17H2,1H3. The van der Waals surface area contributed by atoms with Gasteiger partial charge >= 0.3 is 0 Å². The van der Waals surface area contributed by atoms with Crippen molar-refractivity contribution in [1.82, 2.24) is 20.0 Å². The Morgan fingerprint density at radius 2 is 1.74 bits per heavy atom. The molecular weight excluding hydrogens is 394 g/mol. The van der Waals surface area contributed by atoms with Gasteiger partial charge in [-0.3, -0.25) is 14.4 Å². The Kier molecular flexibility index (Phi) is 6.46. The molecule has 8 nitrogen and oxygen atoms in total. The van der Waals surface area contributed by atoms with Crippen LogP contribution in [0, 0.1) is 0 Å². The molecule has 3 aliphatic rings. The number of rotatable bonds is 2. The number of anilines is 1. The van der Waals surface area contributed by atoms with Gasteiger partial charge in [0.1, 0.15) is 6.54 Å². The normalized spacial score (nSPS) is 21.6. The Morgan fingerprint density at radius 3 is 2.52 bits per heavy atom. The summed E-state index contributed by atoms with van der Waals surface area (Å²) in [7, 11) is 0. The average molecular weight is 428 g/mol. The summed E-state index contributed by atoms with van der Waals surface area (Å²) in [5, 5.41) is 7.07. The van der Waals surface area contributed by atoms with Crippen molar-refractivity contribution in [3.63, 3.8) is 0 Å².